The van der Waals surface area contributed by atoms with Crippen molar-refractivity contribution in [1.82, 2.24) is 0 Å². The number of hydrogen-bond acceptors (Lipinski definition) is 4. The van der Waals surface area contributed by atoms with Crippen LogP contribution in [-0.4, -0.2) is 20.8 Å². The number of hydrogen-bond donors (Lipinski definition) is 1. The first-order valence-corrected chi connectivity index (χ1v) is 8.91. The fourth-order valence-electron chi connectivity index (χ4n) is 2.52. The molecule has 2 aromatic rings. The molecule has 0 amide bonds. The standard InChI is InChI=1S/C15H14BrNO3S/c16-11-5-6-15(13(17)7-11)21(18,19)9-10-8-20-14-4-2-1-3-12(10)14/h1-7,10H,8-9,17H2. The van der Waals surface area contributed by atoms with Crippen LogP contribution in [0.25, 0.3) is 0 Å². The van der Waals surface area contributed by atoms with Crippen molar-refractivity contribution in [3.8, 4) is 5.75 Å². The maximum atomic E-state index is 12.6. The van der Waals surface area contributed by atoms with E-state index < -0.39 is 9.84 Å². The second-order valence-corrected chi connectivity index (χ2v) is 7.93. The molecule has 0 aromatic heterocycles. The Morgan fingerprint density at radius 2 is 2.00 bits per heavy atom. The minimum Gasteiger partial charge on any atom is -0.493 e. The van der Waals surface area contributed by atoms with Crippen LogP contribution >= 0.6 is 15.9 Å². The number of fused-ring (bicyclic) bond motifs is 1. The Kier molecular flexibility index (Phi) is 3.67. The van der Waals surface area contributed by atoms with Gasteiger partial charge in [0.05, 0.1) is 22.9 Å². The Morgan fingerprint density at radius 3 is 2.76 bits per heavy atom. The third kappa shape index (κ3) is 2.78. The quantitative estimate of drug-likeness (QED) is 0.846. The highest BCUT2D eigenvalue weighted by Gasteiger charge is 2.30. The van der Waals surface area contributed by atoms with Crippen molar-refractivity contribution < 1.29 is 13.2 Å². The van der Waals surface area contributed by atoms with E-state index in [1.807, 2.05) is 24.3 Å². The largest absolute Gasteiger partial charge is 0.493 e. The fraction of sp³-hybridized carbons (Fsp3) is 0.200. The van der Waals surface area contributed by atoms with Crippen molar-refractivity contribution in [3.63, 3.8) is 0 Å². The van der Waals surface area contributed by atoms with E-state index in [2.05, 4.69) is 15.9 Å². The number of halogens is 1. The number of rotatable bonds is 3. The molecule has 3 rings (SSSR count). The summed E-state index contributed by atoms with van der Waals surface area (Å²) in [7, 11) is -3.46. The summed E-state index contributed by atoms with van der Waals surface area (Å²) in [5.41, 5.74) is 7.04. The minimum absolute atomic E-state index is 0.00412. The Hall–Kier alpha value is -1.53. The summed E-state index contributed by atoms with van der Waals surface area (Å²) < 4.78 is 31.5. The van der Waals surface area contributed by atoms with Crippen molar-refractivity contribution in [1.29, 1.82) is 0 Å². The Bertz CT molecular complexity index is 789. The first kappa shape index (κ1) is 14.4. The second-order valence-electron chi connectivity index (χ2n) is 5.01. The molecule has 1 aliphatic rings. The van der Waals surface area contributed by atoms with Gasteiger partial charge >= 0.3 is 0 Å². The summed E-state index contributed by atoms with van der Waals surface area (Å²) in [5.74, 6) is 0.603. The van der Waals surface area contributed by atoms with Gasteiger partial charge in [0.2, 0.25) is 0 Å². The van der Waals surface area contributed by atoms with E-state index >= 15 is 0 Å². The van der Waals surface area contributed by atoms with Crippen LogP contribution in [0.15, 0.2) is 51.8 Å². The Morgan fingerprint density at radius 1 is 1.24 bits per heavy atom. The molecule has 0 saturated heterocycles. The second kappa shape index (κ2) is 5.35. The van der Waals surface area contributed by atoms with E-state index in [9.17, 15) is 8.42 Å². The monoisotopic (exact) mass is 367 g/mol. The molecule has 0 bridgehead atoms. The number of ether oxygens (including phenoxy) is 1. The van der Waals surface area contributed by atoms with Crippen molar-refractivity contribution in [2.24, 2.45) is 0 Å². The van der Waals surface area contributed by atoms with Gasteiger partial charge in [0.15, 0.2) is 9.84 Å². The van der Waals surface area contributed by atoms with Crippen molar-refractivity contribution in [2.75, 3.05) is 18.1 Å². The molecule has 1 atom stereocenters. The van der Waals surface area contributed by atoms with Gasteiger partial charge in [0, 0.05) is 16.0 Å². The number of benzene rings is 2. The van der Waals surface area contributed by atoms with Gasteiger partial charge in [-0.1, -0.05) is 34.1 Å². The number of sulfone groups is 1. The third-order valence-corrected chi connectivity index (χ3v) is 5.90. The lowest BCUT2D eigenvalue weighted by atomic mass is 10.0. The van der Waals surface area contributed by atoms with Gasteiger partial charge in [-0.3, -0.25) is 0 Å². The van der Waals surface area contributed by atoms with Crippen molar-refractivity contribution in [3.05, 3.63) is 52.5 Å². The third-order valence-electron chi connectivity index (χ3n) is 3.53. The molecule has 110 valence electrons. The van der Waals surface area contributed by atoms with Gasteiger partial charge < -0.3 is 10.5 Å². The van der Waals surface area contributed by atoms with E-state index in [4.69, 9.17) is 10.5 Å². The van der Waals surface area contributed by atoms with Gasteiger partial charge in [-0.05, 0) is 24.3 Å². The lowest BCUT2D eigenvalue weighted by Crippen LogP contribution is -2.17. The van der Waals surface area contributed by atoms with E-state index in [0.29, 0.717) is 6.61 Å². The summed E-state index contributed by atoms with van der Waals surface area (Å²) in [6, 6.07) is 12.4. The molecular weight excluding hydrogens is 354 g/mol. The van der Waals surface area contributed by atoms with Crippen LogP contribution in [-0.2, 0) is 9.84 Å². The zero-order chi connectivity index (χ0) is 15.0. The SMILES string of the molecule is Nc1cc(Br)ccc1S(=O)(=O)CC1COc2ccccc21. The predicted octanol–water partition coefficient (Wildman–Crippen LogP) is 2.98. The molecule has 0 fully saturated rings. The maximum Gasteiger partial charge on any atom is 0.181 e. The molecule has 1 heterocycles. The molecule has 4 nitrogen and oxygen atoms in total. The lowest BCUT2D eigenvalue weighted by Gasteiger charge is -2.12. The summed E-state index contributed by atoms with van der Waals surface area (Å²) in [4.78, 5) is 0.176. The van der Waals surface area contributed by atoms with E-state index in [1.54, 1.807) is 12.1 Å². The molecule has 0 saturated carbocycles. The molecule has 0 spiro atoms. The maximum absolute atomic E-state index is 12.6. The minimum atomic E-state index is -3.46. The first-order valence-electron chi connectivity index (χ1n) is 6.47. The molecule has 0 aliphatic carbocycles. The summed E-state index contributed by atoms with van der Waals surface area (Å²) in [6.07, 6.45) is 0. The molecule has 21 heavy (non-hydrogen) atoms. The Balaban J connectivity index is 1.91. The predicted molar refractivity (Wildman–Crippen MR) is 85.3 cm³/mol. The van der Waals surface area contributed by atoms with E-state index in [-0.39, 0.29) is 22.3 Å². The molecule has 2 aromatic carbocycles. The number of nitrogen functional groups attached to an aromatic ring is 1. The average molecular weight is 368 g/mol. The highest BCUT2D eigenvalue weighted by Crippen LogP contribution is 2.36. The molecule has 2 N–H and O–H groups in total. The van der Waals surface area contributed by atoms with Crippen LogP contribution in [0.4, 0.5) is 5.69 Å². The van der Waals surface area contributed by atoms with Gasteiger partial charge in [0.25, 0.3) is 0 Å². The fourth-order valence-corrected chi connectivity index (χ4v) is 4.58. The van der Waals surface area contributed by atoms with Crippen LogP contribution in [0, 0.1) is 0 Å². The molecule has 6 heteroatoms. The van der Waals surface area contributed by atoms with Gasteiger partial charge in [0.1, 0.15) is 5.75 Å². The number of nitrogens with two attached hydrogens (primary N) is 1. The molecule has 0 radical (unpaired) electrons. The number of anilines is 1. The van der Waals surface area contributed by atoms with Crippen LogP contribution in [0.3, 0.4) is 0 Å². The van der Waals surface area contributed by atoms with Crippen LogP contribution < -0.4 is 10.5 Å². The van der Waals surface area contributed by atoms with E-state index in [0.717, 1.165) is 15.8 Å². The lowest BCUT2D eigenvalue weighted by molar-refractivity contribution is 0.337. The van der Waals surface area contributed by atoms with E-state index in [1.165, 1.54) is 6.07 Å². The zero-order valence-electron chi connectivity index (χ0n) is 11.1. The van der Waals surface area contributed by atoms with Crippen LogP contribution in [0.1, 0.15) is 11.5 Å². The van der Waals surface area contributed by atoms with Crippen molar-refractivity contribution in [2.45, 2.75) is 10.8 Å². The van der Waals surface area contributed by atoms with Crippen LogP contribution in [0.2, 0.25) is 0 Å². The molecular formula is C15H14BrNO3S. The smallest absolute Gasteiger partial charge is 0.181 e. The summed E-state index contributed by atoms with van der Waals surface area (Å²) >= 11 is 3.28. The Labute approximate surface area is 132 Å². The summed E-state index contributed by atoms with van der Waals surface area (Å²) in [5, 5.41) is 0. The first-order chi connectivity index (χ1) is 9.97. The highest BCUT2D eigenvalue weighted by atomic mass is 79.9. The van der Waals surface area contributed by atoms with Gasteiger partial charge in [-0.2, -0.15) is 0 Å². The highest BCUT2D eigenvalue weighted by molar-refractivity contribution is 9.10. The molecule has 1 unspecified atom stereocenters. The number of para-hydroxylation sites is 1. The van der Waals surface area contributed by atoms with Gasteiger partial charge in [-0.15, -0.1) is 0 Å². The molecule has 1 aliphatic heterocycles. The topological polar surface area (TPSA) is 69.4 Å². The van der Waals surface area contributed by atoms with Gasteiger partial charge in [-0.25, -0.2) is 8.42 Å². The summed E-state index contributed by atoms with van der Waals surface area (Å²) in [6.45, 7) is 0.384. The normalized spacial score (nSPS) is 17.3. The average Bonchev–Trinajstić information content (AvgIpc) is 2.81. The zero-order valence-corrected chi connectivity index (χ0v) is 13.5. The van der Waals surface area contributed by atoms with Crippen molar-refractivity contribution >= 4 is 31.5 Å². The van der Waals surface area contributed by atoms with Crippen LogP contribution in [0.5, 0.6) is 5.75 Å².